The molecule has 10 heteroatoms. The van der Waals surface area contributed by atoms with Crippen molar-refractivity contribution in [2.45, 2.75) is 74.7 Å². The van der Waals surface area contributed by atoms with Crippen molar-refractivity contribution in [3.05, 3.63) is 71.0 Å². The van der Waals surface area contributed by atoms with Crippen molar-refractivity contribution < 1.29 is 37.0 Å². The summed E-state index contributed by atoms with van der Waals surface area (Å²) in [4.78, 5) is 26.6. The number of nitrogens with zero attached hydrogens (tertiary/aromatic N) is 1. The Bertz CT molecular complexity index is 1120. The van der Waals surface area contributed by atoms with Crippen LogP contribution in [0.15, 0.2) is 48.5 Å². The summed E-state index contributed by atoms with van der Waals surface area (Å²) in [5.74, 6) is -0.648. The van der Waals surface area contributed by atoms with Crippen molar-refractivity contribution in [2.24, 2.45) is 5.73 Å². The van der Waals surface area contributed by atoms with Crippen molar-refractivity contribution in [1.29, 1.82) is 0 Å². The van der Waals surface area contributed by atoms with Gasteiger partial charge >= 0.3 is 12.3 Å². The first kappa shape index (κ1) is 26.9. The van der Waals surface area contributed by atoms with E-state index in [0.29, 0.717) is 32.6 Å². The molecule has 0 bridgehead atoms. The lowest BCUT2D eigenvalue weighted by molar-refractivity contribution is -0.258. The van der Waals surface area contributed by atoms with Gasteiger partial charge in [0.15, 0.2) is 5.60 Å². The van der Waals surface area contributed by atoms with Crippen LogP contribution < -0.4 is 5.73 Å². The quantitative estimate of drug-likeness (QED) is 0.491. The number of hydrogen-bond acceptors (Lipinski definition) is 4. The van der Waals surface area contributed by atoms with E-state index < -0.39 is 23.3 Å². The number of rotatable bonds is 7. The van der Waals surface area contributed by atoms with Crippen LogP contribution in [0.3, 0.4) is 0 Å². The summed E-state index contributed by atoms with van der Waals surface area (Å²) in [6.45, 7) is 0.719. The molecule has 1 atom stereocenters. The molecule has 3 N–H and O–H groups in total. The molecule has 2 aromatic rings. The molecule has 0 unspecified atom stereocenters. The van der Waals surface area contributed by atoms with Gasteiger partial charge in [0.25, 0.3) is 5.91 Å². The monoisotopic (exact) mass is 522 g/mol. The molecule has 0 radical (unpaired) electrons. The maximum Gasteiger partial charge on any atom is 0.421 e. The molecule has 2 amide bonds. The minimum Gasteiger partial charge on any atom is -0.449 e. The molecule has 2 fully saturated rings. The molecule has 0 heterocycles. The number of hydrogen-bond donors (Lipinski definition) is 2. The summed E-state index contributed by atoms with van der Waals surface area (Å²) in [7, 11) is 0. The van der Waals surface area contributed by atoms with Gasteiger partial charge in [-0.2, -0.15) is 13.2 Å². The predicted molar refractivity (Wildman–Crippen MR) is 127 cm³/mol. The Morgan fingerprint density at radius 2 is 1.54 bits per heavy atom. The van der Waals surface area contributed by atoms with Crippen LogP contribution in [0.25, 0.3) is 0 Å². The Hall–Kier alpha value is -3.14. The molecule has 0 saturated heterocycles. The topological polar surface area (TPSA) is 92.9 Å². The van der Waals surface area contributed by atoms with Gasteiger partial charge in [0.05, 0.1) is 0 Å². The van der Waals surface area contributed by atoms with Gasteiger partial charge in [-0.05, 0) is 80.8 Å². The smallest absolute Gasteiger partial charge is 0.421 e. The number of nitrogens with two attached hydrogens (primary N) is 1. The summed E-state index contributed by atoms with van der Waals surface area (Å²) in [5.41, 5.74) is 2.35. The van der Waals surface area contributed by atoms with Crippen molar-refractivity contribution >= 4 is 12.0 Å². The highest BCUT2D eigenvalue weighted by atomic mass is 19.4. The molecule has 2 saturated carbocycles. The summed E-state index contributed by atoms with van der Waals surface area (Å²) >= 11 is 0. The van der Waals surface area contributed by atoms with E-state index in [1.807, 2.05) is 4.90 Å². The number of ether oxygens (including phenoxy) is 1. The number of aliphatic hydroxyl groups is 1. The zero-order valence-electron chi connectivity index (χ0n) is 20.4. The first-order valence-electron chi connectivity index (χ1n) is 12.2. The number of amides is 2. The number of benzene rings is 2. The first-order valence-corrected chi connectivity index (χ1v) is 12.2. The van der Waals surface area contributed by atoms with Crippen LogP contribution in [0.1, 0.15) is 66.9 Å². The fourth-order valence-electron chi connectivity index (χ4n) is 5.19. The molecule has 200 valence electrons. The van der Waals surface area contributed by atoms with Gasteiger partial charge in [0, 0.05) is 23.1 Å². The highest BCUT2D eigenvalue weighted by Gasteiger charge is 2.51. The van der Waals surface area contributed by atoms with E-state index in [0.717, 1.165) is 30.5 Å². The van der Waals surface area contributed by atoms with Gasteiger partial charge in [-0.3, -0.25) is 4.79 Å². The molecule has 0 spiro atoms. The van der Waals surface area contributed by atoms with Gasteiger partial charge in [-0.1, -0.05) is 24.3 Å². The van der Waals surface area contributed by atoms with Gasteiger partial charge in [-0.25, -0.2) is 9.18 Å². The third kappa shape index (κ3) is 5.58. The number of carbonyl (C=O) groups excluding carboxylic acids is 2. The minimum absolute atomic E-state index is 0.0403. The number of halogens is 4. The van der Waals surface area contributed by atoms with E-state index in [2.05, 4.69) is 0 Å². The second-order valence-electron chi connectivity index (χ2n) is 10.2. The Balaban J connectivity index is 1.52. The van der Waals surface area contributed by atoms with Crippen LogP contribution in [0.5, 0.6) is 0 Å². The average molecular weight is 523 g/mol. The lowest BCUT2D eigenvalue weighted by Crippen LogP contribution is -2.48. The van der Waals surface area contributed by atoms with Gasteiger partial charge in [0.1, 0.15) is 12.4 Å². The minimum atomic E-state index is -4.85. The number of primary amides is 1. The lowest BCUT2D eigenvalue weighted by Gasteiger charge is -2.43. The third-order valence-corrected chi connectivity index (χ3v) is 7.67. The average Bonchev–Trinajstić information content (AvgIpc) is 3.69. The summed E-state index contributed by atoms with van der Waals surface area (Å²) in [6.07, 6.45) is -1.72. The fourth-order valence-corrected chi connectivity index (χ4v) is 5.19. The standard InChI is InChI=1S/C27H30F4N2O4/c1-25(36,27(29,30)31)18-4-2-17(3-5-18)23(34)33(21-10-11-21)22-12-14-26(15-13-22,16-37-24(32)35)19-6-8-20(28)9-7-19/h2-9,21-22,36H,10-16H2,1H3,(H2,32,35)/t22-,25-,26+/m0/s1. The van der Waals surface area contributed by atoms with Crippen molar-refractivity contribution in [1.82, 2.24) is 4.90 Å². The Morgan fingerprint density at radius 1 is 1.00 bits per heavy atom. The van der Waals surface area contributed by atoms with Crippen molar-refractivity contribution in [3.63, 3.8) is 0 Å². The molecular formula is C27H30F4N2O4. The van der Waals surface area contributed by atoms with Gasteiger partial charge in [0.2, 0.25) is 0 Å². The summed E-state index contributed by atoms with van der Waals surface area (Å²) in [6, 6.07) is 10.9. The Kier molecular flexibility index (Phi) is 7.25. The molecule has 6 nitrogen and oxygen atoms in total. The SMILES string of the molecule is C[C@](O)(c1ccc(C(=O)N(C2CC2)[C@H]2CC[C@@](COC(N)=O)(c3ccc(F)cc3)CC2)cc1)C(F)(F)F. The number of alkyl halides is 3. The molecular weight excluding hydrogens is 492 g/mol. The maximum atomic E-state index is 13.5. The van der Waals surface area contributed by atoms with Crippen molar-refractivity contribution in [3.8, 4) is 0 Å². The highest BCUT2D eigenvalue weighted by molar-refractivity contribution is 5.95. The van der Waals surface area contributed by atoms with E-state index in [9.17, 15) is 32.3 Å². The van der Waals surface area contributed by atoms with Gasteiger partial charge < -0.3 is 20.5 Å². The van der Waals surface area contributed by atoms with E-state index in [4.69, 9.17) is 10.5 Å². The van der Waals surface area contributed by atoms with Crippen LogP contribution in [0.2, 0.25) is 0 Å². The highest BCUT2D eigenvalue weighted by Crippen LogP contribution is 2.44. The number of carbonyl (C=O) groups is 2. The van der Waals surface area contributed by atoms with Crippen LogP contribution in [-0.4, -0.2) is 46.9 Å². The largest absolute Gasteiger partial charge is 0.449 e. The van der Waals surface area contributed by atoms with E-state index in [1.165, 1.54) is 24.3 Å². The van der Waals surface area contributed by atoms with Crippen LogP contribution >= 0.6 is 0 Å². The predicted octanol–water partition coefficient (Wildman–Crippen LogP) is 5.18. The normalized spacial score (nSPS) is 23.7. The van der Waals surface area contributed by atoms with Crippen LogP contribution in [0, 0.1) is 5.82 Å². The zero-order valence-corrected chi connectivity index (χ0v) is 20.4. The second-order valence-corrected chi connectivity index (χ2v) is 10.2. The van der Waals surface area contributed by atoms with Crippen LogP contribution in [0.4, 0.5) is 22.4 Å². The molecule has 2 aromatic carbocycles. The van der Waals surface area contributed by atoms with E-state index in [-0.39, 0.29) is 41.5 Å². The molecule has 37 heavy (non-hydrogen) atoms. The Morgan fingerprint density at radius 3 is 2.03 bits per heavy atom. The Labute approximate surface area is 212 Å². The summed E-state index contributed by atoms with van der Waals surface area (Å²) in [5, 5.41) is 9.92. The zero-order chi connectivity index (χ0) is 27.0. The van der Waals surface area contributed by atoms with E-state index >= 15 is 0 Å². The lowest BCUT2D eigenvalue weighted by atomic mass is 9.68. The molecule has 2 aliphatic carbocycles. The van der Waals surface area contributed by atoms with Gasteiger partial charge in [-0.15, -0.1) is 0 Å². The molecule has 0 aromatic heterocycles. The molecule has 4 rings (SSSR count). The maximum absolute atomic E-state index is 13.5. The fraction of sp³-hybridized carbons (Fsp3) is 0.481. The van der Waals surface area contributed by atoms with E-state index in [1.54, 1.807) is 12.1 Å². The molecule has 2 aliphatic rings. The first-order chi connectivity index (χ1) is 17.3. The summed E-state index contributed by atoms with van der Waals surface area (Å²) < 4.78 is 58.3. The third-order valence-electron chi connectivity index (χ3n) is 7.67. The van der Waals surface area contributed by atoms with Crippen molar-refractivity contribution in [2.75, 3.05) is 6.61 Å². The molecule has 0 aliphatic heterocycles. The second kappa shape index (κ2) is 9.96. The van der Waals surface area contributed by atoms with Crippen LogP contribution in [-0.2, 0) is 15.8 Å².